The van der Waals surface area contributed by atoms with Gasteiger partial charge in [-0.1, -0.05) is 26.0 Å². The van der Waals surface area contributed by atoms with E-state index in [1.165, 1.54) is 37.7 Å². The first-order chi connectivity index (χ1) is 14.4. The van der Waals surface area contributed by atoms with Crippen molar-refractivity contribution < 1.29 is 10.2 Å². The highest BCUT2D eigenvalue weighted by Crippen LogP contribution is 2.68. The monoisotopic (exact) mass is 409 g/mol. The summed E-state index contributed by atoms with van der Waals surface area (Å²) in [5, 5.41) is 20.4. The Hall–Kier alpha value is -1.19. The topological polar surface area (TPSA) is 53.4 Å². The van der Waals surface area contributed by atoms with Crippen LogP contribution in [0.1, 0.15) is 83.6 Å². The van der Waals surface area contributed by atoms with Gasteiger partial charge in [0, 0.05) is 19.0 Å². The van der Waals surface area contributed by atoms with Crippen LogP contribution in [0, 0.1) is 34.5 Å². The number of nitrogens with zero attached hydrogens (tertiary/aromatic N) is 1. The van der Waals surface area contributed by atoms with E-state index >= 15 is 0 Å². The highest BCUT2D eigenvalue weighted by atomic mass is 16.3. The third-order valence-electron chi connectivity index (χ3n) is 10.2. The molecule has 5 rings (SSSR count). The fraction of sp³-hybridized carbons (Fsp3) is 0.741. The first-order valence-electron chi connectivity index (χ1n) is 12.3. The quantitative estimate of drug-likeness (QED) is 0.678. The zero-order valence-corrected chi connectivity index (χ0v) is 18.8. The van der Waals surface area contributed by atoms with Crippen LogP contribution in [0.5, 0.6) is 0 Å². The van der Waals surface area contributed by atoms with Crippen LogP contribution in [0.2, 0.25) is 0 Å². The van der Waals surface area contributed by atoms with Crippen molar-refractivity contribution in [2.45, 2.75) is 83.7 Å². The Morgan fingerprint density at radius 2 is 1.97 bits per heavy atom. The van der Waals surface area contributed by atoms with Gasteiger partial charge in [-0.3, -0.25) is 4.98 Å². The van der Waals surface area contributed by atoms with Crippen molar-refractivity contribution in [3.63, 3.8) is 0 Å². The highest BCUT2D eigenvalue weighted by molar-refractivity contribution is 5.72. The van der Waals surface area contributed by atoms with Gasteiger partial charge < -0.3 is 10.2 Å². The second kappa shape index (κ2) is 7.45. The van der Waals surface area contributed by atoms with E-state index < -0.39 is 5.60 Å². The van der Waals surface area contributed by atoms with E-state index in [9.17, 15) is 10.2 Å². The first-order valence-corrected chi connectivity index (χ1v) is 12.3. The van der Waals surface area contributed by atoms with Crippen LogP contribution >= 0.6 is 0 Å². The molecule has 3 heteroatoms. The minimum atomic E-state index is -0.536. The Morgan fingerprint density at radius 3 is 2.73 bits per heavy atom. The third-order valence-corrected chi connectivity index (χ3v) is 10.2. The van der Waals surface area contributed by atoms with E-state index in [1.54, 1.807) is 5.57 Å². The molecule has 164 valence electrons. The Morgan fingerprint density at radius 1 is 1.10 bits per heavy atom. The molecule has 7 unspecified atom stereocenters. The third kappa shape index (κ3) is 3.11. The molecule has 0 saturated heterocycles. The second-order valence-corrected chi connectivity index (χ2v) is 11.5. The molecule has 1 heterocycles. The maximum Gasteiger partial charge on any atom is 0.0651 e. The van der Waals surface area contributed by atoms with Crippen LogP contribution in [-0.4, -0.2) is 27.4 Å². The number of rotatable bonds is 4. The lowest BCUT2D eigenvalue weighted by molar-refractivity contribution is -0.145. The summed E-state index contributed by atoms with van der Waals surface area (Å²) in [7, 11) is 0. The molecule has 0 aromatic carbocycles. The summed E-state index contributed by atoms with van der Waals surface area (Å²) < 4.78 is 0. The van der Waals surface area contributed by atoms with Crippen LogP contribution in [0.4, 0.5) is 0 Å². The van der Waals surface area contributed by atoms with E-state index in [1.807, 2.05) is 6.20 Å². The summed E-state index contributed by atoms with van der Waals surface area (Å²) in [5.41, 5.74) is 3.02. The SMILES string of the molecule is CC12CCC3C(CCC4CC(O)(CCCO)CCC43C)C1CC=C2c1cccnc1. The van der Waals surface area contributed by atoms with Crippen molar-refractivity contribution in [2.24, 2.45) is 34.5 Å². The van der Waals surface area contributed by atoms with Gasteiger partial charge in [0.05, 0.1) is 5.60 Å². The van der Waals surface area contributed by atoms with Crippen LogP contribution in [0.3, 0.4) is 0 Å². The summed E-state index contributed by atoms with van der Waals surface area (Å²) in [6, 6.07) is 4.32. The number of allylic oxidation sites excluding steroid dienone is 2. The van der Waals surface area contributed by atoms with Gasteiger partial charge in [-0.25, -0.2) is 0 Å². The summed E-state index contributed by atoms with van der Waals surface area (Å²) in [4.78, 5) is 4.40. The lowest BCUT2D eigenvalue weighted by Crippen LogP contribution is -2.55. The van der Waals surface area contributed by atoms with Gasteiger partial charge in [-0.2, -0.15) is 0 Å². The van der Waals surface area contributed by atoms with E-state index in [4.69, 9.17) is 0 Å². The van der Waals surface area contributed by atoms with Crippen LogP contribution in [-0.2, 0) is 0 Å². The Balaban J connectivity index is 1.36. The maximum absolute atomic E-state index is 11.2. The van der Waals surface area contributed by atoms with Crippen LogP contribution in [0.25, 0.3) is 5.57 Å². The van der Waals surface area contributed by atoms with Crippen molar-refractivity contribution in [2.75, 3.05) is 6.61 Å². The van der Waals surface area contributed by atoms with Gasteiger partial charge in [-0.15, -0.1) is 0 Å². The Labute approximate surface area is 182 Å². The van der Waals surface area contributed by atoms with Gasteiger partial charge in [0.1, 0.15) is 0 Å². The Kier molecular flexibility index (Phi) is 5.14. The summed E-state index contributed by atoms with van der Waals surface area (Å²) in [6.07, 6.45) is 17.4. The summed E-state index contributed by atoms with van der Waals surface area (Å²) >= 11 is 0. The fourth-order valence-corrected chi connectivity index (χ4v) is 8.49. The molecular formula is C27H39NO2. The highest BCUT2D eigenvalue weighted by Gasteiger charge is 2.59. The Bertz CT molecular complexity index is 806. The zero-order valence-electron chi connectivity index (χ0n) is 18.8. The number of aliphatic hydroxyl groups is 2. The van der Waals surface area contributed by atoms with Gasteiger partial charge in [-0.05, 0) is 116 Å². The number of aromatic nitrogens is 1. The molecule has 3 fully saturated rings. The number of fused-ring (bicyclic) bond motifs is 5. The van der Waals surface area contributed by atoms with Gasteiger partial charge in [0.25, 0.3) is 0 Å². The summed E-state index contributed by atoms with van der Waals surface area (Å²) in [6.45, 7) is 5.29. The fourth-order valence-electron chi connectivity index (χ4n) is 8.49. The molecule has 0 radical (unpaired) electrons. The van der Waals surface area contributed by atoms with E-state index in [0.717, 1.165) is 49.9 Å². The lowest BCUT2D eigenvalue weighted by Gasteiger charge is -2.62. The number of pyridine rings is 1. The molecule has 0 aliphatic heterocycles. The molecule has 4 aliphatic carbocycles. The molecule has 0 amide bonds. The molecule has 1 aromatic heterocycles. The van der Waals surface area contributed by atoms with Gasteiger partial charge in [0.2, 0.25) is 0 Å². The van der Waals surface area contributed by atoms with Crippen molar-refractivity contribution in [3.05, 3.63) is 36.2 Å². The van der Waals surface area contributed by atoms with Crippen molar-refractivity contribution in [1.29, 1.82) is 0 Å². The van der Waals surface area contributed by atoms with Crippen LogP contribution < -0.4 is 0 Å². The number of hydrogen-bond donors (Lipinski definition) is 2. The molecule has 4 aliphatic rings. The predicted octanol–water partition coefficient (Wildman–Crippen LogP) is 5.62. The molecule has 0 bridgehead atoms. The molecule has 3 nitrogen and oxygen atoms in total. The van der Waals surface area contributed by atoms with Crippen LogP contribution in [0.15, 0.2) is 30.6 Å². The number of hydrogen-bond acceptors (Lipinski definition) is 3. The predicted molar refractivity (Wildman–Crippen MR) is 121 cm³/mol. The van der Waals surface area contributed by atoms with Gasteiger partial charge in [0.15, 0.2) is 0 Å². The zero-order chi connectivity index (χ0) is 21.0. The van der Waals surface area contributed by atoms with E-state index in [-0.39, 0.29) is 6.61 Å². The molecule has 7 atom stereocenters. The second-order valence-electron chi connectivity index (χ2n) is 11.5. The largest absolute Gasteiger partial charge is 0.396 e. The molecule has 0 spiro atoms. The molecule has 30 heavy (non-hydrogen) atoms. The standard InChI is InChI=1S/C27H39NO2/c1-25-13-14-27(30,11-4-16-29)17-20(25)6-7-21-23-9-8-22(19-5-3-15-28-18-19)26(23,2)12-10-24(21)25/h3,5,8,15,18,20-21,23-24,29-30H,4,6-7,9-14,16-17H2,1-2H3. The molecule has 3 saturated carbocycles. The average Bonchev–Trinajstić information content (AvgIpc) is 3.11. The summed E-state index contributed by atoms with van der Waals surface area (Å²) in [5.74, 6) is 3.03. The molecule has 1 aromatic rings. The van der Waals surface area contributed by atoms with Crippen molar-refractivity contribution >= 4 is 5.57 Å². The maximum atomic E-state index is 11.2. The van der Waals surface area contributed by atoms with E-state index in [2.05, 4.69) is 43.2 Å². The van der Waals surface area contributed by atoms with E-state index in [0.29, 0.717) is 16.7 Å². The minimum Gasteiger partial charge on any atom is -0.396 e. The minimum absolute atomic E-state index is 0.196. The average molecular weight is 410 g/mol. The normalized spacial score (nSPS) is 45.3. The number of aliphatic hydroxyl groups excluding tert-OH is 1. The van der Waals surface area contributed by atoms with Crippen molar-refractivity contribution in [1.82, 2.24) is 4.98 Å². The first kappa shape index (κ1) is 20.7. The van der Waals surface area contributed by atoms with Crippen molar-refractivity contribution in [3.8, 4) is 0 Å². The lowest BCUT2D eigenvalue weighted by atomic mass is 9.43. The van der Waals surface area contributed by atoms with Gasteiger partial charge >= 0.3 is 0 Å². The molecular weight excluding hydrogens is 370 g/mol. The smallest absolute Gasteiger partial charge is 0.0651 e. The molecule has 2 N–H and O–H groups in total.